The average molecular weight is 426 g/mol. The Morgan fingerprint density at radius 2 is 2.00 bits per heavy atom. The first-order valence-electron chi connectivity index (χ1n) is 9.24. The monoisotopic (exact) mass is 425 g/mol. The summed E-state index contributed by atoms with van der Waals surface area (Å²) in [6, 6.07) is 13.4. The van der Waals surface area contributed by atoms with Crippen LogP contribution in [0.2, 0.25) is 5.02 Å². The van der Waals surface area contributed by atoms with Gasteiger partial charge in [0.1, 0.15) is 5.82 Å². The van der Waals surface area contributed by atoms with E-state index in [0.29, 0.717) is 23.7 Å². The number of nitrogens with one attached hydrogen (secondary N) is 1. The van der Waals surface area contributed by atoms with Gasteiger partial charge in [0, 0.05) is 24.7 Å². The van der Waals surface area contributed by atoms with Gasteiger partial charge in [-0.05, 0) is 48.0 Å². The van der Waals surface area contributed by atoms with Crippen LogP contribution in [0.1, 0.15) is 28.9 Å². The van der Waals surface area contributed by atoms with E-state index < -0.39 is 5.82 Å². The quantitative estimate of drug-likeness (QED) is 0.500. The minimum atomic E-state index is -0.498. The Labute approximate surface area is 176 Å². The van der Waals surface area contributed by atoms with Crippen LogP contribution in [0.5, 0.6) is 0 Å². The molecule has 0 fully saturated rings. The Bertz CT molecular complexity index is 1190. The van der Waals surface area contributed by atoms with Crippen molar-refractivity contribution in [2.75, 3.05) is 0 Å². The van der Waals surface area contributed by atoms with E-state index in [1.807, 2.05) is 31.2 Å². The molecule has 152 valence electrons. The topological polar surface area (TPSA) is 85.8 Å². The average Bonchev–Trinajstić information content (AvgIpc) is 3.44. The highest BCUT2D eigenvalue weighted by Crippen LogP contribution is 2.19. The molecule has 0 unspecified atom stereocenters. The highest BCUT2D eigenvalue weighted by Gasteiger charge is 2.12. The van der Waals surface area contributed by atoms with Gasteiger partial charge in [0.2, 0.25) is 11.7 Å². The van der Waals surface area contributed by atoms with Gasteiger partial charge in [-0.1, -0.05) is 29.7 Å². The number of aryl methyl sites for hydroxylation is 1. The number of carbonyl (C=O) groups is 1. The first-order valence-corrected chi connectivity index (χ1v) is 9.62. The molecule has 4 aromatic rings. The number of nitrogens with zero attached hydrogens (tertiary/aromatic N) is 4. The Morgan fingerprint density at radius 3 is 2.70 bits per heavy atom. The third-order valence-corrected chi connectivity index (χ3v) is 4.71. The van der Waals surface area contributed by atoms with Crippen LogP contribution in [0, 0.1) is 5.82 Å². The van der Waals surface area contributed by atoms with Gasteiger partial charge in [0.15, 0.2) is 5.69 Å². The lowest BCUT2D eigenvalue weighted by Gasteiger charge is -2.05. The van der Waals surface area contributed by atoms with Crippen molar-refractivity contribution >= 4 is 17.5 Å². The zero-order chi connectivity index (χ0) is 21.1. The van der Waals surface area contributed by atoms with Crippen LogP contribution in [0.15, 0.2) is 59.3 Å². The standard InChI is InChI=1S/C21H17ClFN5O2/c1-2-19-25-20(27-30-19)14-4-6-15(7-5-14)28-10-9-18(26-28)21(29)24-12-13-3-8-17(23)16(22)11-13/h3-11H,2,12H2,1H3,(H,24,29). The molecule has 0 atom stereocenters. The molecule has 4 rings (SSSR count). The molecule has 1 N–H and O–H groups in total. The van der Waals surface area contributed by atoms with E-state index in [1.165, 1.54) is 12.1 Å². The number of aromatic nitrogens is 4. The summed E-state index contributed by atoms with van der Waals surface area (Å²) in [5.74, 6) is 0.269. The maximum atomic E-state index is 13.2. The van der Waals surface area contributed by atoms with E-state index in [2.05, 4.69) is 20.6 Å². The van der Waals surface area contributed by atoms with Crippen LogP contribution in [0.25, 0.3) is 17.1 Å². The second kappa shape index (κ2) is 8.46. The van der Waals surface area contributed by atoms with Gasteiger partial charge in [-0.15, -0.1) is 0 Å². The lowest BCUT2D eigenvalue weighted by Crippen LogP contribution is -2.23. The fraction of sp³-hybridized carbons (Fsp3) is 0.143. The number of carbonyl (C=O) groups excluding carboxylic acids is 1. The molecule has 2 heterocycles. The zero-order valence-corrected chi connectivity index (χ0v) is 16.7. The van der Waals surface area contributed by atoms with Crippen LogP contribution in [0.3, 0.4) is 0 Å². The van der Waals surface area contributed by atoms with Gasteiger partial charge in [-0.2, -0.15) is 10.1 Å². The minimum absolute atomic E-state index is 0.0150. The lowest BCUT2D eigenvalue weighted by molar-refractivity contribution is 0.0945. The highest BCUT2D eigenvalue weighted by atomic mass is 35.5. The summed E-state index contributed by atoms with van der Waals surface area (Å²) >= 11 is 5.76. The number of rotatable bonds is 6. The summed E-state index contributed by atoms with van der Waals surface area (Å²) in [5, 5.41) is 11.0. The number of hydrogen-bond donors (Lipinski definition) is 1. The molecular formula is C21H17ClFN5O2. The number of benzene rings is 2. The molecule has 0 bridgehead atoms. The third-order valence-electron chi connectivity index (χ3n) is 4.42. The van der Waals surface area contributed by atoms with Crippen molar-refractivity contribution in [3.63, 3.8) is 0 Å². The van der Waals surface area contributed by atoms with Crippen LogP contribution in [-0.4, -0.2) is 25.8 Å². The molecule has 2 aromatic heterocycles. The lowest BCUT2D eigenvalue weighted by atomic mass is 10.2. The maximum Gasteiger partial charge on any atom is 0.272 e. The highest BCUT2D eigenvalue weighted by molar-refractivity contribution is 6.30. The number of halogens is 2. The molecule has 0 spiro atoms. The Morgan fingerprint density at radius 1 is 1.20 bits per heavy atom. The van der Waals surface area contributed by atoms with Crippen molar-refractivity contribution in [3.05, 3.63) is 82.7 Å². The molecule has 9 heteroatoms. The smallest absolute Gasteiger partial charge is 0.272 e. The van der Waals surface area contributed by atoms with Gasteiger partial charge >= 0.3 is 0 Å². The van der Waals surface area contributed by atoms with Gasteiger partial charge in [0.05, 0.1) is 10.7 Å². The molecule has 30 heavy (non-hydrogen) atoms. The summed E-state index contributed by atoms with van der Waals surface area (Å²) in [4.78, 5) is 16.7. The fourth-order valence-corrected chi connectivity index (χ4v) is 2.99. The van der Waals surface area contributed by atoms with Gasteiger partial charge < -0.3 is 9.84 Å². The molecule has 0 radical (unpaired) electrons. The van der Waals surface area contributed by atoms with Crippen LogP contribution < -0.4 is 5.32 Å². The zero-order valence-electron chi connectivity index (χ0n) is 16.0. The predicted octanol–water partition coefficient (Wildman–Crippen LogP) is 4.21. The molecular weight excluding hydrogens is 409 g/mol. The van der Waals surface area contributed by atoms with E-state index >= 15 is 0 Å². The predicted molar refractivity (Wildman–Crippen MR) is 109 cm³/mol. The Balaban J connectivity index is 1.42. The first kappa shape index (κ1) is 19.8. The Kier molecular flexibility index (Phi) is 5.58. The molecule has 0 aliphatic heterocycles. The summed E-state index contributed by atoms with van der Waals surface area (Å²) in [5.41, 5.74) is 2.56. The van der Waals surface area contributed by atoms with Crippen LogP contribution in [-0.2, 0) is 13.0 Å². The number of amides is 1. The first-order chi connectivity index (χ1) is 14.5. The maximum absolute atomic E-state index is 13.2. The van der Waals surface area contributed by atoms with Crippen LogP contribution >= 0.6 is 11.6 Å². The summed E-state index contributed by atoms with van der Waals surface area (Å²) in [6.07, 6.45) is 2.37. The molecule has 0 aliphatic carbocycles. The summed E-state index contributed by atoms with van der Waals surface area (Å²) in [7, 11) is 0. The van der Waals surface area contributed by atoms with E-state index in [1.54, 1.807) is 23.0 Å². The SMILES string of the molecule is CCc1nc(-c2ccc(-n3ccc(C(=O)NCc4ccc(F)c(Cl)c4)n3)cc2)no1. The third kappa shape index (κ3) is 4.23. The largest absolute Gasteiger partial charge is 0.347 e. The molecule has 0 saturated carbocycles. The molecule has 7 nitrogen and oxygen atoms in total. The van der Waals surface area contributed by atoms with Gasteiger partial charge in [0.25, 0.3) is 5.91 Å². The summed E-state index contributed by atoms with van der Waals surface area (Å²) in [6.45, 7) is 2.16. The van der Waals surface area contributed by atoms with Crippen molar-refractivity contribution in [1.29, 1.82) is 0 Å². The van der Waals surface area contributed by atoms with E-state index in [0.717, 1.165) is 11.3 Å². The number of hydrogen-bond acceptors (Lipinski definition) is 5. The second-order valence-corrected chi connectivity index (χ2v) is 6.90. The minimum Gasteiger partial charge on any atom is -0.347 e. The molecule has 2 aromatic carbocycles. The fourth-order valence-electron chi connectivity index (χ4n) is 2.79. The molecule has 1 amide bonds. The van der Waals surface area contributed by atoms with Crippen molar-refractivity contribution < 1.29 is 13.7 Å². The molecule has 0 saturated heterocycles. The van der Waals surface area contributed by atoms with E-state index in [4.69, 9.17) is 16.1 Å². The van der Waals surface area contributed by atoms with E-state index in [9.17, 15) is 9.18 Å². The van der Waals surface area contributed by atoms with Crippen molar-refractivity contribution in [3.8, 4) is 17.1 Å². The van der Waals surface area contributed by atoms with E-state index in [-0.39, 0.29) is 23.2 Å². The van der Waals surface area contributed by atoms with Crippen molar-refractivity contribution in [1.82, 2.24) is 25.2 Å². The summed E-state index contributed by atoms with van der Waals surface area (Å²) < 4.78 is 20.0. The van der Waals surface area contributed by atoms with Gasteiger partial charge in [-0.25, -0.2) is 9.07 Å². The molecule has 0 aliphatic rings. The normalized spacial score (nSPS) is 10.9. The Hall–Kier alpha value is -3.52. The van der Waals surface area contributed by atoms with Crippen LogP contribution in [0.4, 0.5) is 4.39 Å². The van der Waals surface area contributed by atoms with Crippen molar-refractivity contribution in [2.45, 2.75) is 19.9 Å². The van der Waals surface area contributed by atoms with Crippen molar-refractivity contribution in [2.24, 2.45) is 0 Å². The second-order valence-electron chi connectivity index (χ2n) is 6.49. The van der Waals surface area contributed by atoms with Gasteiger partial charge in [-0.3, -0.25) is 4.79 Å².